The van der Waals surface area contributed by atoms with Crippen LogP contribution >= 0.6 is 22.7 Å². The van der Waals surface area contributed by atoms with Gasteiger partial charge in [0.05, 0.1) is 6.04 Å². The lowest BCUT2D eigenvalue weighted by Crippen LogP contribution is -2.27. The first-order valence-corrected chi connectivity index (χ1v) is 9.96. The Hall–Kier alpha value is -0.800. The Balaban J connectivity index is 2.12. The highest BCUT2D eigenvalue weighted by molar-refractivity contribution is 7.91. The molecule has 21 heavy (non-hydrogen) atoms. The van der Waals surface area contributed by atoms with Crippen molar-refractivity contribution >= 4 is 32.7 Å². The summed E-state index contributed by atoms with van der Waals surface area (Å²) in [5, 5.41) is 5.84. The van der Waals surface area contributed by atoms with E-state index >= 15 is 0 Å². The lowest BCUT2D eigenvalue weighted by atomic mass is 10.3. The van der Waals surface area contributed by atoms with E-state index in [1.807, 2.05) is 25.3 Å². The number of thiazole rings is 1. The average molecular weight is 346 g/mol. The normalized spacial score (nSPS) is 13.4. The van der Waals surface area contributed by atoms with Crippen LogP contribution in [-0.4, -0.2) is 19.9 Å². The second-order valence-corrected chi connectivity index (χ2v) is 8.49. The Bertz CT molecular complexity index is 650. The van der Waals surface area contributed by atoms with Gasteiger partial charge in [0.2, 0.25) is 0 Å². The Morgan fingerprint density at radius 2 is 2.14 bits per heavy atom. The van der Waals surface area contributed by atoms with Crippen LogP contribution in [0.5, 0.6) is 0 Å². The molecule has 1 unspecified atom stereocenters. The molecular weight excluding hydrogens is 326 g/mol. The van der Waals surface area contributed by atoms with E-state index in [0.717, 1.165) is 16.4 Å². The Morgan fingerprint density at radius 1 is 1.33 bits per heavy atom. The third-order valence-electron chi connectivity index (χ3n) is 2.91. The first-order valence-electron chi connectivity index (χ1n) is 6.78. The van der Waals surface area contributed by atoms with Crippen molar-refractivity contribution in [1.82, 2.24) is 15.0 Å². The maximum atomic E-state index is 12.4. The smallest absolute Gasteiger partial charge is 0.250 e. The number of hydrogen-bond donors (Lipinski definition) is 2. The molecule has 0 saturated carbocycles. The maximum absolute atomic E-state index is 12.4. The number of nitrogens with zero attached hydrogens (tertiary/aromatic N) is 1. The molecule has 0 bridgehead atoms. The molecule has 2 aromatic rings. The summed E-state index contributed by atoms with van der Waals surface area (Å²) < 4.78 is 28.0. The molecule has 0 aliphatic heterocycles. The van der Waals surface area contributed by atoms with Crippen LogP contribution in [-0.2, 0) is 16.6 Å². The number of sulfonamides is 1. The molecule has 8 heteroatoms. The first kappa shape index (κ1) is 16.6. The van der Waals surface area contributed by atoms with E-state index in [1.165, 1.54) is 22.7 Å². The quantitative estimate of drug-likeness (QED) is 0.772. The molecule has 5 nitrogen and oxygen atoms in total. The highest BCUT2D eigenvalue weighted by atomic mass is 32.2. The van der Waals surface area contributed by atoms with Gasteiger partial charge in [-0.1, -0.05) is 13.8 Å². The topological polar surface area (TPSA) is 71.1 Å². The molecule has 0 radical (unpaired) electrons. The minimum atomic E-state index is -3.49. The summed E-state index contributed by atoms with van der Waals surface area (Å²) in [5.41, 5.74) is 0. The fraction of sp³-hybridized carbons (Fsp3) is 0.462. The van der Waals surface area contributed by atoms with Crippen LogP contribution in [0.1, 0.15) is 36.2 Å². The standard InChI is InChI=1S/C13H19N3O2S3/c1-3-11(13-15-7-8-19-13)16-21(17,18)12-6-5-10(20-12)9-14-4-2/h5-8,11,14,16H,3-4,9H2,1-2H3. The van der Waals surface area contributed by atoms with Gasteiger partial charge in [-0.05, 0) is 25.1 Å². The number of aromatic nitrogens is 1. The van der Waals surface area contributed by atoms with Crippen molar-refractivity contribution in [2.45, 2.75) is 37.1 Å². The predicted molar refractivity (Wildman–Crippen MR) is 87.2 cm³/mol. The Morgan fingerprint density at radius 3 is 2.76 bits per heavy atom. The van der Waals surface area contributed by atoms with Gasteiger partial charge in [-0.15, -0.1) is 22.7 Å². The molecule has 2 N–H and O–H groups in total. The number of thiophene rings is 1. The van der Waals surface area contributed by atoms with E-state index in [1.54, 1.807) is 12.3 Å². The van der Waals surface area contributed by atoms with Crippen LogP contribution in [0.25, 0.3) is 0 Å². The molecule has 1 atom stereocenters. The minimum absolute atomic E-state index is 0.269. The van der Waals surface area contributed by atoms with E-state index in [2.05, 4.69) is 15.0 Å². The summed E-state index contributed by atoms with van der Waals surface area (Å²) in [4.78, 5) is 5.21. The van der Waals surface area contributed by atoms with Crippen LogP contribution in [0, 0.1) is 0 Å². The number of hydrogen-bond acceptors (Lipinski definition) is 6. The van der Waals surface area contributed by atoms with Crippen molar-refractivity contribution in [3.05, 3.63) is 33.6 Å². The van der Waals surface area contributed by atoms with E-state index < -0.39 is 10.0 Å². The molecule has 2 aromatic heterocycles. The zero-order chi connectivity index (χ0) is 15.3. The van der Waals surface area contributed by atoms with E-state index in [0.29, 0.717) is 17.2 Å². The van der Waals surface area contributed by atoms with Gasteiger partial charge in [-0.2, -0.15) is 0 Å². The van der Waals surface area contributed by atoms with Gasteiger partial charge in [0, 0.05) is 23.0 Å². The van der Waals surface area contributed by atoms with Gasteiger partial charge in [0.1, 0.15) is 9.22 Å². The van der Waals surface area contributed by atoms with Gasteiger partial charge in [0.25, 0.3) is 10.0 Å². The molecule has 2 rings (SSSR count). The third kappa shape index (κ3) is 4.33. The monoisotopic (exact) mass is 345 g/mol. The van der Waals surface area contributed by atoms with Crippen LogP contribution in [0.4, 0.5) is 0 Å². The van der Waals surface area contributed by atoms with Crippen molar-refractivity contribution in [3.8, 4) is 0 Å². The van der Waals surface area contributed by atoms with Gasteiger partial charge >= 0.3 is 0 Å². The highest BCUT2D eigenvalue weighted by Crippen LogP contribution is 2.25. The van der Waals surface area contributed by atoms with Crippen molar-refractivity contribution in [2.24, 2.45) is 0 Å². The molecule has 0 spiro atoms. The molecule has 0 aromatic carbocycles. The number of rotatable bonds is 8. The third-order valence-corrected chi connectivity index (χ3v) is 6.84. The van der Waals surface area contributed by atoms with Crippen LogP contribution in [0.15, 0.2) is 27.9 Å². The minimum Gasteiger partial charge on any atom is -0.312 e. The Labute approximate surface area is 133 Å². The van der Waals surface area contributed by atoms with Gasteiger partial charge in [-0.25, -0.2) is 18.1 Å². The van der Waals surface area contributed by atoms with E-state index in [4.69, 9.17) is 0 Å². The SMILES string of the molecule is CCNCc1ccc(S(=O)(=O)NC(CC)c2nccs2)s1. The van der Waals surface area contributed by atoms with Crippen molar-refractivity contribution < 1.29 is 8.42 Å². The van der Waals surface area contributed by atoms with Crippen molar-refractivity contribution in [1.29, 1.82) is 0 Å². The van der Waals surface area contributed by atoms with Gasteiger partial charge in [0.15, 0.2) is 0 Å². The molecule has 0 saturated heterocycles. The Kier molecular flexibility index (Phi) is 5.88. The zero-order valence-corrected chi connectivity index (χ0v) is 14.4. The molecule has 0 aliphatic rings. The summed E-state index contributed by atoms with van der Waals surface area (Å²) in [6, 6.07) is 3.25. The van der Waals surface area contributed by atoms with Crippen LogP contribution in [0.2, 0.25) is 0 Å². The summed E-state index contributed by atoms with van der Waals surface area (Å²) in [7, 11) is -3.49. The maximum Gasteiger partial charge on any atom is 0.250 e. The molecule has 0 amide bonds. The fourth-order valence-electron chi connectivity index (χ4n) is 1.81. The fourth-order valence-corrected chi connectivity index (χ4v) is 5.28. The summed E-state index contributed by atoms with van der Waals surface area (Å²) in [5.74, 6) is 0. The average Bonchev–Trinajstić information content (AvgIpc) is 3.13. The zero-order valence-electron chi connectivity index (χ0n) is 12.0. The predicted octanol–water partition coefficient (Wildman–Crippen LogP) is 2.74. The second kappa shape index (κ2) is 7.46. The molecule has 0 fully saturated rings. The summed E-state index contributed by atoms with van der Waals surface area (Å²) >= 11 is 2.76. The molecular formula is C13H19N3O2S3. The van der Waals surface area contributed by atoms with Crippen molar-refractivity contribution in [3.63, 3.8) is 0 Å². The van der Waals surface area contributed by atoms with E-state index in [-0.39, 0.29) is 6.04 Å². The summed E-state index contributed by atoms with van der Waals surface area (Å²) in [6.07, 6.45) is 2.36. The van der Waals surface area contributed by atoms with Crippen LogP contribution in [0.3, 0.4) is 0 Å². The highest BCUT2D eigenvalue weighted by Gasteiger charge is 2.23. The second-order valence-electron chi connectivity index (χ2n) is 4.45. The molecule has 116 valence electrons. The molecule has 2 heterocycles. The van der Waals surface area contributed by atoms with E-state index in [9.17, 15) is 8.42 Å². The first-order chi connectivity index (χ1) is 10.1. The lowest BCUT2D eigenvalue weighted by molar-refractivity contribution is 0.551. The molecule has 0 aliphatic carbocycles. The van der Waals surface area contributed by atoms with Gasteiger partial charge in [-0.3, -0.25) is 0 Å². The number of nitrogens with one attached hydrogen (secondary N) is 2. The van der Waals surface area contributed by atoms with Crippen molar-refractivity contribution in [2.75, 3.05) is 6.54 Å². The largest absolute Gasteiger partial charge is 0.312 e. The van der Waals surface area contributed by atoms with Crippen LogP contribution < -0.4 is 10.0 Å². The lowest BCUT2D eigenvalue weighted by Gasteiger charge is -2.13. The van der Waals surface area contributed by atoms with Gasteiger partial charge < -0.3 is 5.32 Å². The summed E-state index contributed by atoms with van der Waals surface area (Å²) in [6.45, 7) is 5.52.